The third kappa shape index (κ3) is 8.62. The number of nitrogens with two attached hydrogens (primary N) is 2. The first-order chi connectivity index (χ1) is 14.9. The summed E-state index contributed by atoms with van der Waals surface area (Å²) in [5.74, 6) is -0.525. The Morgan fingerprint density at radius 3 is 2.62 bits per heavy atom. The summed E-state index contributed by atoms with van der Waals surface area (Å²) < 4.78 is 5.26. The fourth-order valence-corrected chi connectivity index (χ4v) is 3.46. The van der Waals surface area contributed by atoms with Crippen LogP contribution in [0.5, 0.6) is 0 Å². The topological polar surface area (TPSA) is 152 Å². The van der Waals surface area contributed by atoms with Crippen molar-refractivity contribution in [2.45, 2.75) is 51.3 Å². The van der Waals surface area contributed by atoms with E-state index < -0.39 is 18.2 Å². The summed E-state index contributed by atoms with van der Waals surface area (Å²) in [5, 5.41) is 5.41. The number of aliphatic imine (C=N–C) groups is 1. The van der Waals surface area contributed by atoms with Gasteiger partial charge < -0.3 is 31.7 Å². The molecule has 0 unspecified atom stereocenters. The summed E-state index contributed by atoms with van der Waals surface area (Å²) >= 11 is 0. The molecule has 1 aliphatic rings. The lowest BCUT2D eigenvalue weighted by molar-refractivity contribution is -0.140. The lowest BCUT2D eigenvalue weighted by Gasteiger charge is -2.28. The molecule has 0 bridgehead atoms. The molecule has 3 amide bonds. The summed E-state index contributed by atoms with van der Waals surface area (Å²) in [6, 6.07) is 7.87. The van der Waals surface area contributed by atoms with Crippen LogP contribution in [0.3, 0.4) is 0 Å². The van der Waals surface area contributed by atoms with Crippen molar-refractivity contribution >= 4 is 36.3 Å². The van der Waals surface area contributed by atoms with E-state index in [1.807, 2.05) is 37.3 Å². The van der Waals surface area contributed by atoms with Crippen LogP contribution in [0, 0.1) is 0 Å². The average Bonchev–Trinajstić information content (AvgIpc) is 3.25. The molecule has 1 aromatic rings. The molecule has 0 aromatic heterocycles. The van der Waals surface area contributed by atoms with Gasteiger partial charge in [-0.1, -0.05) is 30.3 Å². The van der Waals surface area contributed by atoms with Gasteiger partial charge >= 0.3 is 6.09 Å². The number of likely N-dealkylation sites (tertiary alicyclic amines) is 1. The van der Waals surface area contributed by atoms with Crippen molar-refractivity contribution in [2.75, 3.05) is 19.6 Å². The third-order valence-corrected chi connectivity index (χ3v) is 4.94. The number of hydrogen-bond donors (Lipinski definition) is 4. The van der Waals surface area contributed by atoms with E-state index in [0.717, 1.165) is 12.0 Å². The van der Waals surface area contributed by atoms with Gasteiger partial charge in [0.05, 0.1) is 0 Å². The van der Waals surface area contributed by atoms with Gasteiger partial charge in [-0.25, -0.2) is 4.79 Å². The number of amides is 3. The van der Waals surface area contributed by atoms with Gasteiger partial charge in [0.2, 0.25) is 11.8 Å². The zero-order valence-electron chi connectivity index (χ0n) is 18.3. The Balaban J connectivity index is 0.00000512. The van der Waals surface area contributed by atoms with E-state index in [-0.39, 0.29) is 36.8 Å². The number of guanidine groups is 1. The lowest BCUT2D eigenvalue weighted by Crippen LogP contribution is -2.53. The van der Waals surface area contributed by atoms with Crippen molar-refractivity contribution < 1.29 is 19.1 Å². The van der Waals surface area contributed by atoms with E-state index in [1.54, 1.807) is 0 Å². The van der Waals surface area contributed by atoms with Crippen LogP contribution in [-0.2, 0) is 20.9 Å². The fourth-order valence-electron chi connectivity index (χ4n) is 3.46. The number of nitrogens with zero attached hydrogens (tertiary/aromatic N) is 2. The van der Waals surface area contributed by atoms with Gasteiger partial charge in [0.1, 0.15) is 18.7 Å². The normalized spacial score (nSPS) is 15.8. The Morgan fingerprint density at radius 1 is 1.25 bits per heavy atom. The molecule has 178 valence electrons. The first kappa shape index (κ1) is 27.0. The highest BCUT2D eigenvalue weighted by Gasteiger charge is 2.37. The first-order valence-electron chi connectivity index (χ1n) is 10.5. The number of halogens is 1. The predicted octanol–water partition coefficient (Wildman–Crippen LogP) is 0.884. The molecular formula is C21H33ClN6O4. The third-order valence-electron chi connectivity index (χ3n) is 4.94. The molecule has 1 aromatic carbocycles. The minimum atomic E-state index is -0.840. The smallest absolute Gasteiger partial charge is 0.408 e. The van der Waals surface area contributed by atoms with E-state index in [1.165, 1.54) is 4.90 Å². The lowest BCUT2D eigenvalue weighted by atomic mass is 10.1. The van der Waals surface area contributed by atoms with Gasteiger partial charge in [-0.3, -0.25) is 14.6 Å². The fraction of sp³-hybridized carbons (Fsp3) is 0.524. The molecule has 0 spiro atoms. The Kier molecular flexibility index (Phi) is 11.9. The number of ether oxygens (including phenoxy) is 1. The summed E-state index contributed by atoms with van der Waals surface area (Å²) in [6.07, 6.45) is 1.42. The maximum absolute atomic E-state index is 13.2. The predicted molar refractivity (Wildman–Crippen MR) is 124 cm³/mol. The molecule has 11 heteroatoms. The van der Waals surface area contributed by atoms with E-state index in [4.69, 9.17) is 16.2 Å². The summed E-state index contributed by atoms with van der Waals surface area (Å²) in [5.41, 5.74) is 11.5. The van der Waals surface area contributed by atoms with Gasteiger partial charge in [0, 0.05) is 19.6 Å². The molecular weight excluding hydrogens is 436 g/mol. The molecule has 0 aliphatic carbocycles. The van der Waals surface area contributed by atoms with Crippen molar-refractivity contribution in [3.05, 3.63) is 35.9 Å². The van der Waals surface area contributed by atoms with Gasteiger partial charge in [0.25, 0.3) is 0 Å². The number of hydrogen-bond acceptors (Lipinski definition) is 5. The van der Waals surface area contributed by atoms with Crippen LogP contribution < -0.4 is 22.1 Å². The van der Waals surface area contributed by atoms with Crippen LogP contribution >= 0.6 is 12.4 Å². The highest BCUT2D eigenvalue weighted by atomic mass is 35.5. The highest BCUT2D eigenvalue weighted by Crippen LogP contribution is 2.20. The van der Waals surface area contributed by atoms with E-state index in [2.05, 4.69) is 15.6 Å². The quantitative estimate of drug-likeness (QED) is 0.227. The molecule has 10 nitrogen and oxygen atoms in total. The molecule has 0 radical (unpaired) electrons. The second-order valence-corrected chi connectivity index (χ2v) is 7.29. The van der Waals surface area contributed by atoms with Gasteiger partial charge in [-0.2, -0.15) is 0 Å². The van der Waals surface area contributed by atoms with Crippen LogP contribution in [-0.4, -0.2) is 60.5 Å². The molecule has 1 heterocycles. The summed E-state index contributed by atoms with van der Waals surface area (Å²) in [4.78, 5) is 43.3. The van der Waals surface area contributed by atoms with Gasteiger partial charge in [0.15, 0.2) is 5.96 Å². The number of carbonyl (C=O) groups is 3. The van der Waals surface area contributed by atoms with E-state index in [9.17, 15) is 14.4 Å². The molecule has 0 saturated carbocycles. The second kappa shape index (κ2) is 14.1. The van der Waals surface area contributed by atoms with Crippen LogP contribution in [0.1, 0.15) is 38.2 Å². The van der Waals surface area contributed by atoms with Crippen LogP contribution in [0.25, 0.3) is 0 Å². The minimum absolute atomic E-state index is 0. The second-order valence-electron chi connectivity index (χ2n) is 7.29. The van der Waals surface area contributed by atoms with Crippen molar-refractivity contribution in [2.24, 2.45) is 16.5 Å². The average molecular weight is 469 g/mol. The monoisotopic (exact) mass is 468 g/mol. The maximum Gasteiger partial charge on any atom is 0.408 e. The number of rotatable bonds is 10. The number of nitrogens with one attached hydrogen (secondary N) is 2. The van der Waals surface area contributed by atoms with Crippen molar-refractivity contribution in [1.29, 1.82) is 0 Å². The zero-order valence-corrected chi connectivity index (χ0v) is 19.1. The number of benzene rings is 1. The molecule has 2 atom stereocenters. The van der Waals surface area contributed by atoms with Gasteiger partial charge in [-0.05, 0) is 38.2 Å². The van der Waals surface area contributed by atoms with E-state index in [0.29, 0.717) is 38.9 Å². The standard InChI is InChI=1S/C21H32N6O4.ClH/c1-2-24-18(28)17-11-7-13-27(17)19(29)16(10-6-12-25-20(22)23)26-21(30)31-14-15-8-4-3-5-9-15;/h3-5,8-9,16-17H,2,6-7,10-14H2,1H3,(H,24,28)(H,26,30)(H4,22,23,25);1H/t16-,17-;/m0./s1. The molecule has 6 N–H and O–H groups in total. The minimum Gasteiger partial charge on any atom is -0.445 e. The van der Waals surface area contributed by atoms with Crippen molar-refractivity contribution in [1.82, 2.24) is 15.5 Å². The molecule has 1 fully saturated rings. The number of alkyl carbamates (subject to hydrolysis) is 1. The Bertz CT molecular complexity index is 773. The van der Waals surface area contributed by atoms with Crippen LogP contribution in [0.2, 0.25) is 0 Å². The Labute approximate surface area is 194 Å². The van der Waals surface area contributed by atoms with Crippen molar-refractivity contribution in [3.63, 3.8) is 0 Å². The van der Waals surface area contributed by atoms with E-state index >= 15 is 0 Å². The Morgan fingerprint density at radius 2 is 1.97 bits per heavy atom. The van der Waals surface area contributed by atoms with Crippen LogP contribution in [0.4, 0.5) is 4.79 Å². The number of likely N-dealkylation sites (N-methyl/N-ethyl adjacent to an activating group) is 1. The van der Waals surface area contributed by atoms with Crippen molar-refractivity contribution in [3.8, 4) is 0 Å². The highest BCUT2D eigenvalue weighted by molar-refractivity contribution is 5.91. The SMILES string of the molecule is CCNC(=O)[C@@H]1CCCN1C(=O)[C@H](CCCN=C(N)N)NC(=O)OCc1ccccc1.Cl. The summed E-state index contributed by atoms with van der Waals surface area (Å²) in [6.45, 7) is 3.20. The number of carbonyl (C=O) groups excluding carboxylic acids is 3. The summed E-state index contributed by atoms with van der Waals surface area (Å²) in [7, 11) is 0. The molecule has 2 rings (SSSR count). The largest absolute Gasteiger partial charge is 0.445 e. The zero-order chi connectivity index (χ0) is 22.6. The Hall–Kier alpha value is -3.01. The molecule has 1 saturated heterocycles. The van der Waals surface area contributed by atoms with Gasteiger partial charge in [-0.15, -0.1) is 12.4 Å². The maximum atomic E-state index is 13.2. The molecule has 32 heavy (non-hydrogen) atoms. The van der Waals surface area contributed by atoms with Crippen LogP contribution in [0.15, 0.2) is 35.3 Å². The first-order valence-corrected chi connectivity index (χ1v) is 10.5. The molecule has 1 aliphatic heterocycles.